The lowest BCUT2D eigenvalue weighted by molar-refractivity contribution is -0.176. The van der Waals surface area contributed by atoms with E-state index in [1.165, 1.54) is 0 Å². The molecule has 0 N–H and O–H groups in total. The van der Waals surface area contributed by atoms with Gasteiger partial charge in [0.2, 0.25) is 5.45 Å². The van der Waals surface area contributed by atoms with Crippen molar-refractivity contribution in [2.75, 3.05) is 13.2 Å². The molecule has 37 heavy (non-hydrogen) atoms. The van der Waals surface area contributed by atoms with Crippen molar-refractivity contribution in [2.45, 2.75) is 18.4 Å². The summed E-state index contributed by atoms with van der Waals surface area (Å²) < 4.78 is 33.7. The molecule has 0 saturated heterocycles. The number of halogens is 1. The van der Waals surface area contributed by atoms with E-state index in [9.17, 15) is 14.2 Å². The fraction of sp³-hybridized carbons (Fsp3) is 0.192. The van der Waals surface area contributed by atoms with Gasteiger partial charge in [0.25, 0.3) is 0 Å². The Morgan fingerprint density at radius 2 is 1.16 bits per heavy atom. The van der Waals surface area contributed by atoms with E-state index in [2.05, 4.69) is 21.1 Å². The third-order valence-corrected chi connectivity index (χ3v) is 7.12. The van der Waals surface area contributed by atoms with Crippen LogP contribution in [0.15, 0.2) is 96.2 Å². The van der Waals surface area contributed by atoms with Gasteiger partial charge in [-0.05, 0) is 54.0 Å². The van der Waals surface area contributed by atoms with E-state index in [1.807, 2.05) is 0 Å². The van der Waals surface area contributed by atoms with Gasteiger partial charge in [-0.25, -0.2) is 14.2 Å². The summed E-state index contributed by atoms with van der Waals surface area (Å²) in [5.41, 5.74) is -0.0153. The quantitative estimate of drug-likeness (QED) is 0.0638. The molecule has 3 aromatic rings. The van der Waals surface area contributed by atoms with Crippen molar-refractivity contribution in [1.29, 1.82) is 0 Å². The number of alkyl halides is 1. The first kappa shape index (κ1) is 28.0. The summed E-state index contributed by atoms with van der Waals surface area (Å²) >= 11 is 2.97. The van der Waals surface area contributed by atoms with Gasteiger partial charge >= 0.3 is 24.0 Å². The molecule has 9 nitrogen and oxygen atoms in total. The topological polar surface area (TPSA) is 110 Å². The molecule has 0 aliphatic carbocycles. The highest BCUT2D eigenvalue weighted by atomic mass is 79.9. The van der Waals surface area contributed by atoms with Gasteiger partial charge in [-0.2, -0.15) is 0 Å². The van der Waals surface area contributed by atoms with E-state index in [-0.39, 0.29) is 30.2 Å². The smallest absolute Gasteiger partial charge is 0.462 e. The normalized spacial score (nSPS) is 11.8. The van der Waals surface area contributed by atoms with Crippen molar-refractivity contribution in [3.8, 4) is 11.5 Å². The van der Waals surface area contributed by atoms with Crippen molar-refractivity contribution in [3.05, 3.63) is 96.6 Å². The molecular formula is C26H25BrNO8P. The van der Waals surface area contributed by atoms with Crippen molar-refractivity contribution in [1.82, 2.24) is 0 Å². The number of hydrogen-bond donors (Lipinski definition) is 0. The predicted octanol–water partition coefficient (Wildman–Crippen LogP) is 5.93. The van der Waals surface area contributed by atoms with Crippen molar-refractivity contribution < 1.29 is 37.5 Å². The third-order valence-electron chi connectivity index (χ3n) is 4.56. The maximum atomic E-state index is 14.5. The number of rotatable bonds is 12. The molecule has 0 saturated carbocycles. The number of carbonyl (C=O) groups excluding carboxylic acids is 2. The fourth-order valence-electron chi connectivity index (χ4n) is 2.91. The Morgan fingerprint density at radius 3 is 1.57 bits per heavy atom. The summed E-state index contributed by atoms with van der Waals surface area (Å²) in [5, 5.41) is 3.99. The molecule has 3 rings (SSSR count). The Kier molecular flexibility index (Phi) is 9.88. The van der Waals surface area contributed by atoms with Gasteiger partial charge in [0.1, 0.15) is 11.5 Å². The average molecular weight is 590 g/mol. The lowest BCUT2D eigenvalue weighted by Gasteiger charge is -2.24. The van der Waals surface area contributed by atoms with Crippen LogP contribution in [0.25, 0.3) is 0 Å². The van der Waals surface area contributed by atoms with Crippen LogP contribution in [-0.4, -0.2) is 35.1 Å². The maximum Gasteiger partial charge on any atom is 0.485 e. The molecular weight excluding hydrogens is 565 g/mol. The second kappa shape index (κ2) is 13.1. The number of esters is 2. The minimum atomic E-state index is -4.37. The number of hydrogen-bond acceptors (Lipinski definition) is 9. The zero-order valence-corrected chi connectivity index (χ0v) is 22.6. The molecule has 0 bridgehead atoms. The number of carbonyl (C=O) groups is 2. The molecule has 194 valence electrons. The molecule has 0 heterocycles. The van der Waals surface area contributed by atoms with E-state index in [1.54, 1.807) is 105 Å². The molecule has 3 aromatic carbocycles. The second-order valence-corrected chi connectivity index (χ2v) is 10.1. The highest BCUT2D eigenvalue weighted by molar-refractivity contribution is 9.10. The summed E-state index contributed by atoms with van der Waals surface area (Å²) in [6.07, 6.45) is 0. The van der Waals surface area contributed by atoms with Crippen LogP contribution in [0.5, 0.6) is 11.5 Å². The lowest BCUT2D eigenvalue weighted by atomic mass is 10.2. The van der Waals surface area contributed by atoms with Crippen LogP contribution in [0.4, 0.5) is 0 Å². The fourth-order valence-corrected chi connectivity index (χ4v) is 4.82. The molecule has 11 heteroatoms. The maximum absolute atomic E-state index is 14.5. The first-order chi connectivity index (χ1) is 17.8. The van der Waals surface area contributed by atoms with E-state index in [0.29, 0.717) is 5.56 Å². The van der Waals surface area contributed by atoms with Crippen molar-refractivity contribution in [2.24, 2.45) is 5.16 Å². The van der Waals surface area contributed by atoms with Gasteiger partial charge in [0, 0.05) is 5.56 Å². The van der Waals surface area contributed by atoms with Gasteiger partial charge in [0.15, 0.2) is 0 Å². The number of para-hydroxylation sites is 2. The van der Waals surface area contributed by atoms with Gasteiger partial charge in [-0.15, -0.1) is 0 Å². The first-order valence-corrected chi connectivity index (χ1v) is 13.6. The Balaban J connectivity index is 2.15. The Morgan fingerprint density at radius 1 is 0.757 bits per heavy atom. The van der Waals surface area contributed by atoms with Crippen LogP contribution >= 0.6 is 23.5 Å². The lowest BCUT2D eigenvalue weighted by Crippen LogP contribution is -2.45. The summed E-state index contributed by atoms with van der Waals surface area (Å²) in [6, 6.07) is 25.0. The molecule has 0 radical (unpaired) electrons. The molecule has 0 spiro atoms. The zero-order valence-electron chi connectivity index (χ0n) is 20.1. The van der Waals surface area contributed by atoms with Crippen LogP contribution in [0.1, 0.15) is 19.4 Å². The largest absolute Gasteiger partial charge is 0.485 e. The van der Waals surface area contributed by atoms with Gasteiger partial charge in [-0.1, -0.05) is 71.9 Å². The summed E-state index contributed by atoms with van der Waals surface area (Å²) in [5.74, 6) is -1.75. The SMILES string of the molecule is CCOC(=O)C(Br)(O/N=C(/c1ccccc1)P(=O)(Oc1ccccc1)Oc1ccccc1)C(=O)OCC. The monoisotopic (exact) mass is 589 g/mol. The van der Waals surface area contributed by atoms with Crippen molar-refractivity contribution in [3.63, 3.8) is 0 Å². The van der Waals surface area contributed by atoms with E-state index < -0.39 is 24.0 Å². The van der Waals surface area contributed by atoms with Gasteiger partial charge in [0.05, 0.1) is 13.2 Å². The number of ether oxygens (including phenoxy) is 2. The van der Waals surface area contributed by atoms with Crippen LogP contribution in [-0.2, 0) is 28.5 Å². The molecule has 0 atom stereocenters. The van der Waals surface area contributed by atoms with Crippen molar-refractivity contribution >= 4 is 40.9 Å². The summed E-state index contributed by atoms with van der Waals surface area (Å²) in [6.45, 7) is 3.03. The molecule has 0 amide bonds. The molecule has 0 aliphatic heterocycles. The third kappa shape index (κ3) is 7.21. The standard InChI is InChI=1S/C26H25BrNO8P/c1-3-32-24(29)26(27,25(30)33-4-2)36-28-23(20-14-8-5-9-15-20)37(31,34-21-16-10-6-11-17-21)35-22-18-12-7-13-19-22/h5-19H,3-4H2,1-2H3/b28-23-. The molecule has 0 fully saturated rings. The number of benzene rings is 3. The van der Waals surface area contributed by atoms with Crippen LogP contribution in [0, 0.1) is 0 Å². The highest BCUT2D eigenvalue weighted by Gasteiger charge is 2.51. The Bertz CT molecular complexity index is 1190. The molecule has 0 unspecified atom stereocenters. The molecule has 0 aliphatic rings. The Labute approximate surface area is 223 Å². The zero-order chi connectivity index (χ0) is 26.7. The first-order valence-electron chi connectivity index (χ1n) is 11.3. The van der Waals surface area contributed by atoms with E-state index in [4.69, 9.17) is 23.4 Å². The highest BCUT2D eigenvalue weighted by Crippen LogP contribution is 2.52. The summed E-state index contributed by atoms with van der Waals surface area (Å²) in [4.78, 5) is 30.8. The van der Waals surface area contributed by atoms with E-state index in [0.717, 1.165) is 0 Å². The number of nitrogens with zero attached hydrogens (tertiary/aromatic N) is 1. The Hall–Kier alpha value is -3.62. The minimum Gasteiger partial charge on any atom is -0.462 e. The predicted molar refractivity (Wildman–Crippen MR) is 141 cm³/mol. The van der Waals surface area contributed by atoms with Gasteiger partial charge in [-0.3, -0.25) is 0 Å². The van der Waals surface area contributed by atoms with Crippen LogP contribution in [0.3, 0.4) is 0 Å². The number of oxime groups is 1. The van der Waals surface area contributed by atoms with E-state index >= 15 is 0 Å². The average Bonchev–Trinajstić information content (AvgIpc) is 2.90. The van der Waals surface area contributed by atoms with Crippen LogP contribution < -0.4 is 9.05 Å². The van der Waals surface area contributed by atoms with Crippen LogP contribution in [0.2, 0.25) is 0 Å². The summed E-state index contributed by atoms with van der Waals surface area (Å²) in [7, 11) is -4.37. The van der Waals surface area contributed by atoms with Gasteiger partial charge < -0.3 is 23.4 Å². The second-order valence-electron chi connectivity index (χ2n) is 7.21. The minimum absolute atomic E-state index is 0.0447. The molecule has 0 aromatic heterocycles.